The molecule has 0 bridgehead atoms. The van der Waals surface area contributed by atoms with E-state index in [0.717, 1.165) is 11.6 Å². The zero-order chi connectivity index (χ0) is 15.2. The van der Waals surface area contributed by atoms with Crippen LogP contribution in [0.2, 0.25) is 0 Å². The van der Waals surface area contributed by atoms with E-state index in [1.54, 1.807) is 18.3 Å². The summed E-state index contributed by atoms with van der Waals surface area (Å²) in [6, 6.07) is 7.22. The summed E-state index contributed by atoms with van der Waals surface area (Å²) < 4.78 is 13.3. The molecule has 1 amide bonds. The monoisotopic (exact) mass is 284 g/mol. The summed E-state index contributed by atoms with van der Waals surface area (Å²) in [5, 5.41) is 11.3. The summed E-state index contributed by atoms with van der Waals surface area (Å²) in [7, 11) is 0. The van der Waals surface area contributed by atoms with E-state index >= 15 is 0 Å². The van der Waals surface area contributed by atoms with Crippen LogP contribution in [-0.4, -0.2) is 22.6 Å². The Morgan fingerprint density at radius 1 is 1.38 bits per heavy atom. The van der Waals surface area contributed by atoms with Gasteiger partial charge in [-0.3, -0.25) is 4.79 Å². The number of rotatable bonds is 2. The molecule has 0 aliphatic carbocycles. The highest BCUT2D eigenvalue weighted by Gasteiger charge is 2.12. The highest BCUT2D eigenvalue weighted by Crippen LogP contribution is 2.13. The van der Waals surface area contributed by atoms with Gasteiger partial charge in [0.2, 0.25) is 0 Å². The minimum atomic E-state index is -0.535. The number of hydrogen-bond acceptors (Lipinski definition) is 3. The summed E-state index contributed by atoms with van der Waals surface area (Å²) in [5.74, 6) is 4.40. The summed E-state index contributed by atoms with van der Waals surface area (Å²) in [5.41, 5.74) is 1.38. The van der Waals surface area contributed by atoms with Crippen molar-refractivity contribution in [3.63, 3.8) is 0 Å². The van der Waals surface area contributed by atoms with Crippen molar-refractivity contribution in [2.45, 2.75) is 6.92 Å². The van der Waals surface area contributed by atoms with Crippen LogP contribution in [0.1, 0.15) is 21.5 Å². The number of aryl methyl sites for hydroxylation is 1. The van der Waals surface area contributed by atoms with Crippen molar-refractivity contribution in [3.05, 3.63) is 59.0 Å². The molecule has 0 spiro atoms. The Bertz CT molecular complexity index is 733. The molecule has 1 heterocycles. The van der Waals surface area contributed by atoms with Crippen molar-refractivity contribution in [3.8, 4) is 11.8 Å². The van der Waals surface area contributed by atoms with Crippen LogP contribution in [-0.2, 0) is 0 Å². The highest BCUT2D eigenvalue weighted by molar-refractivity contribution is 6.05. The molecule has 0 radical (unpaired) electrons. The topological polar surface area (TPSA) is 62.2 Å². The van der Waals surface area contributed by atoms with Crippen LogP contribution in [0.25, 0.3) is 0 Å². The average molecular weight is 284 g/mol. The van der Waals surface area contributed by atoms with Crippen LogP contribution in [0.3, 0.4) is 0 Å². The predicted octanol–water partition coefficient (Wildman–Crippen LogP) is 2.13. The van der Waals surface area contributed by atoms with Gasteiger partial charge in [-0.25, -0.2) is 9.37 Å². The maximum absolute atomic E-state index is 13.3. The van der Waals surface area contributed by atoms with Crippen LogP contribution in [0.4, 0.5) is 10.2 Å². The maximum atomic E-state index is 13.3. The third-order valence-electron chi connectivity index (χ3n) is 2.69. The molecule has 1 aromatic carbocycles. The summed E-state index contributed by atoms with van der Waals surface area (Å²) in [6.07, 6.45) is 1.57. The first-order valence-corrected chi connectivity index (χ1v) is 6.23. The number of amides is 1. The highest BCUT2D eigenvalue weighted by atomic mass is 19.1. The Labute approximate surface area is 121 Å². The second-order valence-corrected chi connectivity index (χ2v) is 4.32. The number of pyridine rings is 1. The van der Waals surface area contributed by atoms with Crippen molar-refractivity contribution in [2.75, 3.05) is 11.9 Å². The Morgan fingerprint density at radius 3 is 2.90 bits per heavy atom. The minimum absolute atomic E-state index is 0.0965. The number of hydrogen-bond donors (Lipinski definition) is 2. The fraction of sp³-hybridized carbons (Fsp3) is 0.125. The molecule has 2 rings (SSSR count). The van der Waals surface area contributed by atoms with Gasteiger partial charge in [0.05, 0.1) is 5.56 Å². The molecular formula is C16H13FN2O2. The molecule has 0 aliphatic heterocycles. The summed E-state index contributed by atoms with van der Waals surface area (Å²) in [6.45, 7) is 1.54. The number of anilines is 1. The lowest BCUT2D eigenvalue weighted by atomic mass is 10.1. The molecule has 2 aromatic rings. The molecule has 106 valence electrons. The number of nitrogens with zero attached hydrogens (tertiary/aromatic N) is 1. The molecular weight excluding hydrogens is 271 g/mol. The lowest BCUT2D eigenvalue weighted by Crippen LogP contribution is -2.15. The van der Waals surface area contributed by atoms with Gasteiger partial charge < -0.3 is 10.4 Å². The largest absolute Gasteiger partial charge is 0.384 e. The van der Waals surface area contributed by atoms with Crippen LogP contribution in [0.15, 0.2) is 36.5 Å². The van der Waals surface area contributed by atoms with Crippen LogP contribution < -0.4 is 5.32 Å². The Morgan fingerprint density at radius 2 is 2.19 bits per heavy atom. The second kappa shape index (κ2) is 6.64. The molecule has 5 heteroatoms. The Kier molecular flexibility index (Phi) is 4.64. The molecule has 0 fully saturated rings. The van der Waals surface area contributed by atoms with Crippen molar-refractivity contribution in [1.82, 2.24) is 4.98 Å². The number of carbonyl (C=O) groups excluding carboxylic acids is 1. The van der Waals surface area contributed by atoms with Crippen LogP contribution in [0.5, 0.6) is 0 Å². The number of nitrogens with one attached hydrogen (secondary N) is 1. The number of carbonyl (C=O) groups is 1. The van der Waals surface area contributed by atoms with Crippen LogP contribution >= 0.6 is 0 Å². The van der Waals surface area contributed by atoms with Crippen molar-refractivity contribution in [2.24, 2.45) is 0 Å². The predicted molar refractivity (Wildman–Crippen MR) is 77.3 cm³/mol. The van der Waals surface area contributed by atoms with Gasteiger partial charge in [0.15, 0.2) is 0 Å². The van der Waals surface area contributed by atoms with Crippen molar-refractivity contribution in [1.29, 1.82) is 0 Å². The first kappa shape index (κ1) is 14.7. The number of aliphatic hydroxyl groups excluding tert-OH is 1. The lowest BCUT2D eigenvalue weighted by molar-refractivity contribution is 0.102. The van der Waals surface area contributed by atoms with Crippen molar-refractivity contribution >= 4 is 11.7 Å². The SMILES string of the molecule is Cc1ccnc(NC(=O)c2cc(F)ccc2C#CCO)c1. The normalized spacial score (nSPS) is 9.67. The molecule has 0 saturated carbocycles. The Balaban J connectivity index is 2.32. The number of benzene rings is 1. The third-order valence-corrected chi connectivity index (χ3v) is 2.69. The molecule has 1 aromatic heterocycles. The average Bonchev–Trinajstić information content (AvgIpc) is 2.46. The van der Waals surface area contributed by atoms with Gasteiger partial charge in [-0.05, 0) is 42.8 Å². The van der Waals surface area contributed by atoms with E-state index in [-0.39, 0.29) is 12.2 Å². The number of halogens is 1. The first-order valence-electron chi connectivity index (χ1n) is 6.23. The van der Waals surface area contributed by atoms with E-state index in [0.29, 0.717) is 11.4 Å². The van der Waals surface area contributed by atoms with E-state index in [1.807, 2.05) is 6.92 Å². The lowest BCUT2D eigenvalue weighted by Gasteiger charge is -2.07. The van der Waals surface area contributed by atoms with Gasteiger partial charge in [0, 0.05) is 11.8 Å². The zero-order valence-electron chi connectivity index (χ0n) is 11.4. The van der Waals surface area contributed by atoms with Gasteiger partial charge >= 0.3 is 0 Å². The molecule has 4 nitrogen and oxygen atoms in total. The molecule has 0 unspecified atom stereocenters. The fourth-order valence-electron chi connectivity index (χ4n) is 1.74. The van der Waals surface area contributed by atoms with Gasteiger partial charge in [0.1, 0.15) is 18.2 Å². The van der Waals surface area contributed by atoms with Gasteiger partial charge in [0.25, 0.3) is 5.91 Å². The van der Waals surface area contributed by atoms with Gasteiger partial charge in [-0.15, -0.1) is 0 Å². The summed E-state index contributed by atoms with van der Waals surface area (Å²) in [4.78, 5) is 16.2. The van der Waals surface area contributed by atoms with E-state index in [9.17, 15) is 9.18 Å². The molecule has 0 aliphatic rings. The fourth-order valence-corrected chi connectivity index (χ4v) is 1.74. The minimum Gasteiger partial charge on any atom is -0.384 e. The van der Waals surface area contributed by atoms with Gasteiger partial charge in [-0.1, -0.05) is 11.8 Å². The summed E-state index contributed by atoms with van der Waals surface area (Å²) >= 11 is 0. The Hall–Kier alpha value is -2.71. The quantitative estimate of drug-likeness (QED) is 0.830. The second-order valence-electron chi connectivity index (χ2n) is 4.32. The zero-order valence-corrected chi connectivity index (χ0v) is 11.4. The van der Waals surface area contributed by atoms with E-state index in [4.69, 9.17) is 5.11 Å². The smallest absolute Gasteiger partial charge is 0.258 e. The van der Waals surface area contributed by atoms with Gasteiger partial charge in [-0.2, -0.15) is 0 Å². The van der Waals surface area contributed by atoms with E-state index in [1.165, 1.54) is 12.1 Å². The first-order chi connectivity index (χ1) is 10.1. The molecule has 21 heavy (non-hydrogen) atoms. The third kappa shape index (κ3) is 3.88. The van der Waals surface area contributed by atoms with Crippen molar-refractivity contribution < 1.29 is 14.3 Å². The standard InChI is InChI=1S/C16H13FN2O2/c1-11-6-7-18-15(9-11)19-16(21)14-10-13(17)5-4-12(14)3-2-8-20/h4-7,9-10,20H,8H2,1H3,(H,18,19,21). The molecule has 2 N–H and O–H groups in total. The molecule has 0 atom stereocenters. The molecule has 0 saturated heterocycles. The van der Waals surface area contributed by atoms with E-state index < -0.39 is 11.7 Å². The van der Waals surface area contributed by atoms with E-state index in [2.05, 4.69) is 22.1 Å². The van der Waals surface area contributed by atoms with Crippen LogP contribution in [0, 0.1) is 24.6 Å². The number of aromatic nitrogens is 1. The maximum Gasteiger partial charge on any atom is 0.258 e. The number of aliphatic hydroxyl groups is 1.